The number of nitrogens with zero attached hydrogens (tertiary/aromatic N) is 2. The number of urea groups is 1. The number of benzene rings is 4. The minimum Gasteiger partial charge on any atom is -0.489 e. The van der Waals surface area contributed by atoms with Gasteiger partial charge < -0.3 is 29.7 Å². The summed E-state index contributed by atoms with van der Waals surface area (Å²) in [5.74, 6) is 1.73. The lowest BCUT2D eigenvalue weighted by Gasteiger charge is -2.38. The van der Waals surface area contributed by atoms with Crippen molar-refractivity contribution in [2.75, 3.05) is 13.2 Å². The molecule has 0 radical (unpaired) electrons. The van der Waals surface area contributed by atoms with E-state index < -0.39 is 11.6 Å². The monoisotopic (exact) mass is 792 g/mol. The van der Waals surface area contributed by atoms with E-state index in [4.69, 9.17) is 37.4 Å². The number of pyridine rings is 1. The number of rotatable bonds is 9. The van der Waals surface area contributed by atoms with Crippen molar-refractivity contribution in [3.05, 3.63) is 140 Å². The quantitative estimate of drug-likeness (QED) is 0.154. The second-order valence-corrected chi connectivity index (χ2v) is 16.2. The highest BCUT2D eigenvalue weighted by molar-refractivity contribution is 6.42. The van der Waals surface area contributed by atoms with Crippen molar-refractivity contribution < 1.29 is 23.8 Å². The molecule has 7 rings (SSSR count). The van der Waals surface area contributed by atoms with Crippen molar-refractivity contribution in [3.63, 3.8) is 0 Å². The van der Waals surface area contributed by atoms with Gasteiger partial charge in [0.05, 0.1) is 10.0 Å². The molecule has 0 aliphatic carbocycles. The molecule has 0 fully saturated rings. The van der Waals surface area contributed by atoms with Gasteiger partial charge in [-0.15, -0.1) is 0 Å². The Morgan fingerprint density at radius 3 is 2.36 bits per heavy atom. The van der Waals surface area contributed by atoms with Crippen LogP contribution in [0.2, 0.25) is 10.0 Å². The van der Waals surface area contributed by atoms with Gasteiger partial charge in [-0.1, -0.05) is 65.7 Å². The number of nitrogens with one attached hydrogen (secondary N) is 2. The molecule has 0 saturated heterocycles. The topological polar surface area (TPSA) is 102 Å². The van der Waals surface area contributed by atoms with Crippen molar-refractivity contribution in [1.29, 1.82) is 0 Å². The average Bonchev–Trinajstić information content (AvgIpc) is 3.17. The normalized spacial score (nSPS) is 16.2. The number of fused-ring (bicyclic) bond motifs is 2. The number of aryl methyl sites for hydroxylation is 1. The summed E-state index contributed by atoms with van der Waals surface area (Å²) in [5.41, 5.74) is 8.81. The summed E-state index contributed by atoms with van der Waals surface area (Å²) in [6, 6.07) is 26.5. The molecule has 2 aliphatic heterocycles. The number of hydrogen-bond acceptors (Lipinski definition) is 6. The van der Waals surface area contributed by atoms with E-state index in [9.17, 15) is 9.59 Å². The molecule has 1 aromatic heterocycles. The molecule has 0 bridgehead atoms. The second kappa shape index (κ2) is 16.5. The van der Waals surface area contributed by atoms with Crippen LogP contribution in [-0.2, 0) is 30.8 Å². The first-order valence-electron chi connectivity index (χ1n) is 18.8. The van der Waals surface area contributed by atoms with Crippen molar-refractivity contribution in [2.45, 2.75) is 78.3 Å². The van der Waals surface area contributed by atoms with E-state index in [1.54, 1.807) is 17.0 Å². The Hall–Kier alpha value is -5.25. The molecule has 0 saturated carbocycles. The maximum atomic E-state index is 13.8. The van der Waals surface area contributed by atoms with Crippen LogP contribution in [0.1, 0.15) is 65.9 Å². The van der Waals surface area contributed by atoms with Gasteiger partial charge in [-0.3, -0.25) is 9.78 Å². The van der Waals surface area contributed by atoms with Crippen LogP contribution < -0.4 is 24.8 Å². The third kappa shape index (κ3) is 9.06. The number of carbonyl (C=O) groups excluding carboxylic acids is 2. The fourth-order valence-corrected chi connectivity index (χ4v) is 7.30. The maximum absolute atomic E-state index is 13.8. The first-order valence-corrected chi connectivity index (χ1v) is 19.6. The minimum absolute atomic E-state index is 0.196. The van der Waals surface area contributed by atoms with Gasteiger partial charge in [0.25, 0.3) is 0 Å². The van der Waals surface area contributed by atoms with Gasteiger partial charge in [-0.2, -0.15) is 0 Å². The van der Waals surface area contributed by atoms with Crippen LogP contribution in [0.3, 0.4) is 0 Å². The van der Waals surface area contributed by atoms with Crippen LogP contribution in [0.15, 0.2) is 91.1 Å². The van der Waals surface area contributed by atoms with E-state index in [0.29, 0.717) is 59.9 Å². The molecule has 2 aliphatic rings. The lowest BCUT2D eigenvalue weighted by Crippen LogP contribution is -2.58. The minimum atomic E-state index is -0.696. The molecule has 3 heterocycles. The van der Waals surface area contributed by atoms with Crippen molar-refractivity contribution in [1.82, 2.24) is 20.5 Å². The van der Waals surface area contributed by atoms with Gasteiger partial charge in [-0.05, 0) is 128 Å². The summed E-state index contributed by atoms with van der Waals surface area (Å²) in [5, 5.41) is 7.16. The Morgan fingerprint density at radius 2 is 1.62 bits per heavy atom. The fourth-order valence-electron chi connectivity index (χ4n) is 6.98. The van der Waals surface area contributed by atoms with E-state index in [1.807, 2.05) is 82.4 Å². The summed E-state index contributed by atoms with van der Waals surface area (Å²) < 4.78 is 18.7. The van der Waals surface area contributed by atoms with Crippen molar-refractivity contribution in [3.8, 4) is 28.4 Å². The Morgan fingerprint density at radius 1 is 0.893 bits per heavy atom. The molecule has 2 unspecified atom stereocenters. The smallest absolute Gasteiger partial charge is 0.318 e. The van der Waals surface area contributed by atoms with Gasteiger partial charge in [0.1, 0.15) is 25.0 Å². The standard InChI is InChI=1S/C45H46Cl2N4O5/c1-27-28(2)48-19-17-36(27)31-9-6-29(7-10-31)16-18-49-43(52)39-21-33-22-40-41(23-34(33)24-51(39)44(53)50-45(3,4)5)56-42(26-55-40)32-11-13-35(14-12-32)54-25-30-8-15-37(46)38(47)20-30/h6-15,17,19-20,22-23,39,42H,16,18,21,24-26H2,1-5H3,(H,49,52)(H,50,53). The highest BCUT2D eigenvalue weighted by atomic mass is 35.5. The van der Waals surface area contributed by atoms with Crippen LogP contribution >= 0.6 is 23.2 Å². The summed E-state index contributed by atoms with van der Waals surface area (Å²) >= 11 is 12.2. The molecule has 3 amide bonds. The molecular weight excluding hydrogens is 747 g/mol. The van der Waals surface area contributed by atoms with Crippen LogP contribution in [-0.4, -0.2) is 46.6 Å². The van der Waals surface area contributed by atoms with Gasteiger partial charge in [0.15, 0.2) is 17.6 Å². The maximum Gasteiger partial charge on any atom is 0.318 e. The zero-order valence-electron chi connectivity index (χ0n) is 32.2. The van der Waals surface area contributed by atoms with Gasteiger partial charge >= 0.3 is 6.03 Å². The molecule has 0 spiro atoms. The van der Waals surface area contributed by atoms with Crippen LogP contribution in [0.4, 0.5) is 4.79 Å². The van der Waals surface area contributed by atoms with E-state index in [-0.39, 0.29) is 24.6 Å². The lowest BCUT2D eigenvalue weighted by molar-refractivity contribution is -0.126. The van der Waals surface area contributed by atoms with Crippen molar-refractivity contribution in [2.24, 2.45) is 0 Å². The highest BCUT2D eigenvalue weighted by Gasteiger charge is 2.37. The zero-order valence-corrected chi connectivity index (χ0v) is 33.8. The third-order valence-corrected chi connectivity index (χ3v) is 10.9. The Bertz CT molecular complexity index is 2240. The average molecular weight is 794 g/mol. The number of ether oxygens (including phenoxy) is 3. The SMILES string of the molecule is Cc1nccc(-c2ccc(CCNC(=O)C3Cc4cc5c(cc4CN3C(=O)NC(C)(C)C)OC(c3ccc(OCc4ccc(Cl)c(Cl)c4)cc3)CO5)cc2)c1C. The van der Waals surface area contributed by atoms with E-state index in [0.717, 1.165) is 50.2 Å². The van der Waals surface area contributed by atoms with E-state index in [1.165, 1.54) is 0 Å². The largest absolute Gasteiger partial charge is 0.489 e. The molecule has 2 atom stereocenters. The summed E-state index contributed by atoms with van der Waals surface area (Å²) in [6.45, 7) is 11.2. The molecule has 56 heavy (non-hydrogen) atoms. The molecule has 290 valence electrons. The fraction of sp³-hybridized carbons (Fsp3) is 0.311. The molecule has 5 aromatic rings. The van der Waals surface area contributed by atoms with E-state index in [2.05, 4.69) is 46.8 Å². The van der Waals surface area contributed by atoms with Crippen molar-refractivity contribution >= 4 is 35.1 Å². The zero-order chi connectivity index (χ0) is 39.6. The molecule has 4 aromatic carbocycles. The van der Waals surface area contributed by atoms with Crippen LogP contribution in [0.25, 0.3) is 11.1 Å². The summed E-state index contributed by atoms with van der Waals surface area (Å²) in [7, 11) is 0. The van der Waals surface area contributed by atoms with Crippen LogP contribution in [0, 0.1) is 13.8 Å². The molecule has 9 nitrogen and oxygen atoms in total. The number of aromatic nitrogens is 1. The van der Waals surface area contributed by atoms with Gasteiger partial charge in [-0.25, -0.2) is 4.79 Å². The van der Waals surface area contributed by atoms with Crippen LogP contribution in [0.5, 0.6) is 17.2 Å². The number of carbonyl (C=O) groups is 2. The Labute approximate surface area is 338 Å². The first-order chi connectivity index (χ1) is 26.8. The first kappa shape index (κ1) is 39.0. The summed E-state index contributed by atoms with van der Waals surface area (Å²) in [6.07, 6.45) is 2.50. The highest BCUT2D eigenvalue weighted by Crippen LogP contribution is 2.41. The number of amides is 3. The Balaban J connectivity index is 1.00. The predicted octanol–water partition coefficient (Wildman–Crippen LogP) is 9.36. The Kier molecular flexibility index (Phi) is 11.5. The third-order valence-electron chi connectivity index (χ3n) is 10.2. The lowest BCUT2D eigenvalue weighted by atomic mass is 9.92. The summed E-state index contributed by atoms with van der Waals surface area (Å²) in [4.78, 5) is 33.5. The second-order valence-electron chi connectivity index (χ2n) is 15.4. The predicted molar refractivity (Wildman–Crippen MR) is 220 cm³/mol. The van der Waals surface area contributed by atoms with Gasteiger partial charge in [0, 0.05) is 36.9 Å². The molecular formula is C45H46Cl2N4O5. The number of hydrogen-bond donors (Lipinski definition) is 2. The number of halogens is 2. The van der Waals surface area contributed by atoms with E-state index >= 15 is 0 Å². The molecule has 2 N–H and O–H groups in total. The molecule has 11 heteroatoms. The van der Waals surface area contributed by atoms with Gasteiger partial charge in [0.2, 0.25) is 5.91 Å².